The van der Waals surface area contributed by atoms with Crippen LogP contribution in [-0.2, 0) is 16.6 Å². The summed E-state index contributed by atoms with van der Waals surface area (Å²) in [7, 11) is -0.714. The van der Waals surface area contributed by atoms with Gasteiger partial charge in [-0.1, -0.05) is 18.2 Å². The first-order chi connectivity index (χ1) is 13.0. The molecule has 0 N–H and O–H groups in total. The van der Waals surface area contributed by atoms with E-state index in [1.165, 1.54) is 22.8 Å². The van der Waals surface area contributed by atoms with Crippen LogP contribution in [0.15, 0.2) is 63.4 Å². The summed E-state index contributed by atoms with van der Waals surface area (Å²) in [5.74, 6) is 1.13. The van der Waals surface area contributed by atoms with Crippen LogP contribution in [0.1, 0.15) is 5.56 Å². The minimum absolute atomic E-state index is 0.0531. The van der Waals surface area contributed by atoms with Gasteiger partial charge in [-0.25, -0.2) is 17.7 Å². The molecule has 0 aliphatic heterocycles. The van der Waals surface area contributed by atoms with Gasteiger partial charge in [-0.2, -0.15) is 0 Å². The fourth-order valence-electron chi connectivity index (χ4n) is 2.52. The van der Waals surface area contributed by atoms with E-state index in [0.717, 1.165) is 4.47 Å². The van der Waals surface area contributed by atoms with E-state index in [4.69, 9.17) is 9.47 Å². The molecule has 6 nitrogen and oxygen atoms in total. The Bertz CT molecular complexity index is 1010. The molecule has 0 unspecified atom stereocenters. The lowest BCUT2D eigenvalue weighted by molar-refractivity contribution is 0.397. The molecule has 27 heavy (non-hydrogen) atoms. The Balaban J connectivity index is 2.09. The predicted molar refractivity (Wildman–Crippen MR) is 109 cm³/mol. The predicted octanol–water partition coefficient (Wildman–Crippen LogP) is 4.32. The van der Waals surface area contributed by atoms with Crippen molar-refractivity contribution >= 4 is 42.4 Å². The quantitative estimate of drug-likeness (QED) is 0.516. The van der Waals surface area contributed by atoms with Crippen LogP contribution in [0.25, 0.3) is 0 Å². The van der Waals surface area contributed by atoms with Crippen LogP contribution in [0.2, 0.25) is 0 Å². The van der Waals surface area contributed by atoms with E-state index in [1.807, 2.05) is 0 Å². The van der Waals surface area contributed by atoms with Crippen LogP contribution in [0, 0.1) is 0 Å². The van der Waals surface area contributed by atoms with Gasteiger partial charge < -0.3 is 9.47 Å². The molecular formula is C18H17BrN2O4S2. The minimum atomic E-state index is -3.80. The van der Waals surface area contributed by atoms with Crippen molar-refractivity contribution in [2.75, 3.05) is 18.5 Å². The van der Waals surface area contributed by atoms with Crippen LogP contribution in [0.3, 0.4) is 0 Å². The van der Waals surface area contributed by atoms with Crippen LogP contribution < -0.4 is 13.8 Å². The van der Waals surface area contributed by atoms with Gasteiger partial charge in [-0.05, 0) is 40.2 Å². The number of aromatic nitrogens is 1. The monoisotopic (exact) mass is 468 g/mol. The second-order valence-corrected chi connectivity index (χ2v) is 9.03. The maximum absolute atomic E-state index is 13.3. The second-order valence-electron chi connectivity index (χ2n) is 5.44. The van der Waals surface area contributed by atoms with E-state index in [1.54, 1.807) is 61.2 Å². The number of hydrogen-bond acceptors (Lipinski definition) is 6. The first-order valence-electron chi connectivity index (χ1n) is 7.85. The zero-order chi connectivity index (χ0) is 19.4. The number of sulfonamides is 1. The Morgan fingerprint density at radius 3 is 2.41 bits per heavy atom. The molecule has 0 amide bonds. The molecule has 9 heteroatoms. The lowest BCUT2D eigenvalue weighted by Crippen LogP contribution is -2.30. The summed E-state index contributed by atoms with van der Waals surface area (Å²) < 4.78 is 39.3. The number of anilines is 1. The highest BCUT2D eigenvalue weighted by Gasteiger charge is 2.28. The maximum atomic E-state index is 13.3. The summed E-state index contributed by atoms with van der Waals surface area (Å²) in [6.07, 6.45) is 1.58. The van der Waals surface area contributed by atoms with Gasteiger partial charge in [-0.3, -0.25) is 0 Å². The summed E-state index contributed by atoms with van der Waals surface area (Å²) in [6.45, 7) is 0.0531. The van der Waals surface area contributed by atoms with E-state index < -0.39 is 10.0 Å². The third kappa shape index (κ3) is 4.10. The largest absolute Gasteiger partial charge is 0.496 e. The fourth-order valence-corrected chi connectivity index (χ4v) is 5.29. The first-order valence-corrected chi connectivity index (χ1v) is 11.0. The number of rotatable bonds is 7. The molecule has 0 fully saturated rings. The normalized spacial score (nSPS) is 11.2. The fraction of sp³-hybridized carbons (Fsp3) is 0.167. The Morgan fingerprint density at radius 2 is 1.81 bits per heavy atom. The Morgan fingerprint density at radius 1 is 1.11 bits per heavy atom. The third-order valence-electron chi connectivity index (χ3n) is 3.83. The minimum Gasteiger partial charge on any atom is -0.496 e. The standard InChI is InChI=1S/C18H17BrN2O4S2/c1-24-16-11-15(19)17(25-2)10-13(16)12-21(18-20-8-9-26-18)27(22,23)14-6-4-3-5-7-14/h3-11H,12H2,1-2H3. The van der Waals surface area contributed by atoms with Gasteiger partial charge in [0.2, 0.25) is 0 Å². The molecule has 0 spiro atoms. The second kappa shape index (κ2) is 8.28. The number of thiazole rings is 1. The number of hydrogen-bond donors (Lipinski definition) is 0. The van der Waals surface area contributed by atoms with Crippen molar-refractivity contribution in [3.05, 3.63) is 64.1 Å². The van der Waals surface area contributed by atoms with Crippen LogP contribution >= 0.6 is 27.3 Å². The maximum Gasteiger partial charge on any atom is 0.266 e. The van der Waals surface area contributed by atoms with Crippen molar-refractivity contribution in [3.8, 4) is 11.5 Å². The Hall–Kier alpha value is -2.10. The highest BCUT2D eigenvalue weighted by Crippen LogP contribution is 2.36. The number of nitrogens with zero attached hydrogens (tertiary/aromatic N) is 2. The molecule has 1 aromatic heterocycles. The van der Waals surface area contributed by atoms with Gasteiger partial charge in [0.1, 0.15) is 11.5 Å². The molecule has 0 bridgehead atoms. The van der Waals surface area contributed by atoms with Crippen molar-refractivity contribution in [1.82, 2.24) is 4.98 Å². The smallest absolute Gasteiger partial charge is 0.266 e. The molecule has 0 radical (unpaired) electrons. The van der Waals surface area contributed by atoms with E-state index in [2.05, 4.69) is 20.9 Å². The van der Waals surface area contributed by atoms with Gasteiger partial charge in [0.15, 0.2) is 5.13 Å². The van der Waals surface area contributed by atoms with Crippen molar-refractivity contribution in [3.63, 3.8) is 0 Å². The van der Waals surface area contributed by atoms with Crippen molar-refractivity contribution in [2.24, 2.45) is 0 Å². The summed E-state index contributed by atoms with van der Waals surface area (Å²) >= 11 is 4.67. The summed E-state index contributed by atoms with van der Waals surface area (Å²) in [4.78, 5) is 4.40. The molecule has 0 atom stereocenters. The lowest BCUT2D eigenvalue weighted by Gasteiger charge is -2.23. The highest BCUT2D eigenvalue weighted by molar-refractivity contribution is 9.10. The zero-order valence-electron chi connectivity index (χ0n) is 14.6. The SMILES string of the molecule is COc1cc(CN(c2nccs2)S(=O)(=O)c2ccccc2)c(OC)cc1Br. The van der Waals surface area contributed by atoms with Crippen LogP contribution in [0.4, 0.5) is 5.13 Å². The van der Waals surface area contributed by atoms with Crippen molar-refractivity contribution in [2.45, 2.75) is 11.4 Å². The van der Waals surface area contributed by atoms with Gasteiger partial charge in [-0.15, -0.1) is 11.3 Å². The number of ether oxygens (including phenoxy) is 2. The summed E-state index contributed by atoms with van der Waals surface area (Å²) in [5.41, 5.74) is 0.659. The average molecular weight is 469 g/mol. The lowest BCUT2D eigenvalue weighted by atomic mass is 10.2. The Labute approximate surface area is 170 Å². The van der Waals surface area contributed by atoms with Crippen LogP contribution in [-0.4, -0.2) is 27.6 Å². The van der Waals surface area contributed by atoms with E-state index in [0.29, 0.717) is 22.2 Å². The third-order valence-corrected chi connectivity index (χ3v) is 7.11. The highest BCUT2D eigenvalue weighted by atomic mass is 79.9. The Kier molecular flexibility index (Phi) is 6.03. The topological polar surface area (TPSA) is 68.7 Å². The van der Waals surface area contributed by atoms with Gasteiger partial charge in [0.25, 0.3) is 10.0 Å². The van der Waals surface area contributed by atoms with E-state index in [-0.39, 0.29) is 11.4 Å². The zero-order valence-corrected chi connectivity index (χ0v) is 17.8. The number of benzene rings is 2. The summed E-state index contributed by atoms with van der Waals surface area (Å²) in [5, 5.41) is 2.12. The molecule has 3 aromatic rings. The molecule has 0 saturated heterocycles. The van der Waals surface area contributed by atoms with E-state index in [9.17, 15) is 8.42 Å². The molecular weight excluding hydrogens is 452 g/mol. The molecule has 0 saturated carbocycles. The molecule has 3 rings (SSSR count). The van der Waals surface area contributed by atoms with Crippen LogP contribution in [0.5, 0.6) is 11.5 Å². The molecule has 0 aliphatic carbocycles. The number of halogens is 1. The first kappa shape index (κ1) is 19.7. The van der Waals surface area contributed by atoms with Gasteiger partial charge >= 0.3 is 0 Å². The van der Waals surface area contributed by atoms with Gasteiger partial charge in [0, 0.05) is 17.1 Å². The molecule has 1 heterocycles. The summed E-state index contributed by atoms with van der Waals surface area (Å²) in [6, 6.07) is 11.8. The average Bonchev–Trinajstić information content (AvgIpc) is 3.21. The van der Waals surface area contributed by atoms with E-state index >= 15 is 0 Å². The van der Waals surface area contributed by atoms with Crippen molar-refractivity contribution in [1.29, 1.82) is 0 Å². The molecule has 142 valence electrons. The number of methoxy groups -OCH3 is 2. The van der Waals surface area contributed by atoms with Gasteiger partial charge in [0.05, 0.1) is 30.1 Å². The molecule has 2 aromatic carbocycles. The van der Waals surface area contributed by atoms with Crippen molar-refractivity contribution < 1.29 is 17.9 Å². The molecule has 0 aliphatic rings.